The monoisotopic (exact) mass is 274 g/mol. The lowest BCUT2D eigenvalue weighted by molar-refractivity contribution is -0.133. The summed E-state index contributed by atoms with van der Waals surface area (Å²) < 4.78 is 0. The maximum absolute atomic E-state index is 12.3. The molecular formula is C14H27ClN2O. The topological polar surface area (TPSA) is 46.3 Å². The minimum Gasteiger partial charge on any atom is -0.338 e. The molecule has 1 amide bonds. The normalized spacial score (nSPS) is 34.9. The molecule has 1 aliphatic heterocycles. The van der Waals surface area contributed by atoms with Crippen LogP contribution >= 0.6 is 12.4 Å². The Balaban J connectivity index is 0.00000162. The average molecular weight is 275 g/mol. The Labute approximate surface area is 117 Å². The van der Waals surface area contributed by atoms with Crippen LogP contribution in [0.25, 0.3) is 0 Å². The third-order valence-corrected chi connectivity index (χ3v) is 4.45. The molecule has 2 N–H and O–H groups in total. The van der Waals surface area contributed by atoms with Crippen LogP contribution < -0.4 is 5.73 Å². The molecule has 2 unspecified atom stereocenters. The third-order valence-electron chi connectivity index (χ3n) is 4.45. The van der Waals surface area contributed by atoms with Gasteiger partial charge in [-0.05, 0) is 36.5 Å². The van der Waals surface area contributed by atoms with Gasteiger partial charge < -0.3 is 10.6 Å². The number of hydrogen-bond acceptors (Lipinski definition) is 2. The van der Waals surface area contributed by atoms with Gasteiger partial charge >= 0.3 is 0 Å². The molecule has 1 saturated carbocycles. The van der Waals surface area contributed by atoms with E-state index in [1.807, 2.05) is 6.92 Å². The van der Waals surface area contributed by atoms with Crippen molar-refractivity contribution in [2.24, 2.45) is 16.6 Å². The number of halogens is 1. The SMILES string of the molecule is CC[C@H](N)C(=O)N1CC2(C)CC1CC(C)(C)C2.Cl. The number of fused-ring (bicyclic) bond motifs is 2. The van der Waals surface area contributed by atoms with Crippen molar-refractivity contribution < 1.29 is 4.79 Å². The van der Waals surface area contributed by atoms with Gasteiger partial charge in [-0.15, -0.1) is 12.4 Å². The van der Waals surface area contributed by atoms with Crippen molar-refractivity contribution in [2.45, 2.75) is 65.5 Å². The molecule has 1 saturated heterocycles. The van der Waals surface area contributed by atoms with Crippen LogP contribution in [-0.4, -0.2) is 29.4 Å². The largest absolute Gasteiger partial charge is 0.338 e. The standard InChI is InChI=1S/C14H26N2O.ClH/c1-5-11(15)12(17)16-9-14(4)7-10(16)6-13(2,3)8-14;/h10-11H,5-9,15H2,1-4H3;1H/t10?,11-,14?;/m0./s1. The average Bonchev–Trinajstić information content (AvgIpc) is 2.45. The van der Waals surface area contributed by atoms with E-state index in [9.17, 15) is 4.79 Å². The molecule has 0 spiro atoms. The zero-order valence-electron chi connectivity index (χ0n) is 12.0. The second kappa shape index (κ2) is 5.01. The maximum Gasteiger partial charge on any atom is 0.239 e. The van der Waals surface area contributed by atoms with E-state index in [0.29, 0.717) is 16.9 Å². The van der Waals surface area contributed by atoms with Gasteiger partial charge in [0, 0.05) is 12.6 Å². The number of nitrogens with two attached hydrogens (primary N) is 1. The first-order valence-corrected chi connectivity index (χ1v) is 6.82. The van der Waals surface area contributed by atoms with E-state index >= 15 is 0 Å². The molecule has 106 valence electrons. The summed E-state index contributed by atoms with van der Waals surface area (Å²) in [5.41, 5.74) is 6.58. The molecule has 2 aliphatic rings. The summed E-state index contributed by atoms with van der Waals surface area (Å²) in [7, 11) is 0. The first-order chi connectivity index (χ1) is 7.76. The molecule has 3 nitrogen and oxygen atoms in total. The van der Waals surface area contributed by atoms with Crippen LogP contribution in [0, 0.1) is 10.8 Å². The Morgan fingerprint density at radius 3 is 2.56 bits per heavy atom. The van der Waals surface area contributed by atoms with Gasteiger partial charge in [-0.25, -0.2) is 0 Å². The fourth-order valence-corrected chi connectivity index (χ4v) is 4.11. The van der Waals surface area contributed by atoms with Crippen molar-refractivity contribution in [3.8, 4) is 0 Å². The van der Waals surface area contributed by atoms with Crippen LogP contribution in [0.4, 0.5) is 0 Å². The van der Waals surface area contributed by atoms with E-state index in [4.69, 9.17) is 5.73 Å². The van der Waals surface area contributed by atoms with E-state index in [0.717, 1.165) is 19.4 Å². The Bertz CT molecular complexity index is 332. The summed E-state index contributed by atoms with van der Waals surface area (Å²) >= 11 is 0. The van der Waals surface area contributed by atoms with E-state index in [2.05, 4.69) is 25.7 Å². The highest BCUT2D eigenvalue weighted by atomic mass is 35.5. The van der Waals surface area contributed by atoms with Crippen LogP contribution in [0.5, 0.6) is 0 Å². The van der Waals surface area contributed by atoms with Crippen LogP contribution in [0.3, 0.4) is 0 Å². The molecule has 4 heteroatoms. The van der Waals surface area contributed by atoms with Gasteiger partial charge in [-0.3, -0.25) is 4.79 Å². The first-order valence-electron chi connectivity index (χ1n) is 6.82. The fraction of sp³-hybridized carbons (Fsp3) is 0.929. The summed E-state index contributed by atoms with van der Waals surface area (Å²) in [4.78, 5) is 14.3. The van der Waals surface area contributed by atoms with Crippen molar-refractivity contribution in [3.05, 3.63) is 0 Å². The van der Waals surface area contributed by atoms with Crippen LogP contribution in [0.15, 0.2) is 0 Å². The van der Waals surface area contributed by atoms with Crippen molar-refractivity contribution in [2.75, 3.05) is 6.54 Å². The summed E-state index contributed by atoms with van der Waals surface area (Å²) in [5.74, 6) is 0.166. The van der Waals surface area contributed by atoms with Crippen LogP contribution in [0.1, 0.15) is 53.4 Å². The number of amides is 1. The zero-order valence-corrected chi connectivity index (χ0v) is 12.8. The summed E-state index contributed by atoms with van der Waals surface area (Å²) in [5, 5.41) is 0. The third kappa shape index (κ3) is 2.83. The van der Waals surface area contributed by atoms with Crippen molar-refractivity contribution >= 4 is 18.3 Å². The minimum atomic E-state index is -0.305. The number of rotatable bonds is 2. The lowest BCUT2D eigenvalue weighted by Crippen LogP contribution is -2.46. The van der Waals surface area contributed by atoms with Gasteiger partial charge in [-0.1, -0.05) is 27.7 Å². The molecule has 0 aromatic heterocycles. The Hall–Kier alpha value is -0.280. The molecule has 2 bridgehead atoms. The van der Waals surface area contributed by atoms with Crippen LogP contribution in [-0.2, 0) is 4.79 Å². The maximum atomic E-state index is 12.3. The van der Waals surface area contributed by atoms with Gasteiger partial charge in [0.2, 0.25) is 5.91 Å². The number of nitrogens with zero attached hydrogens (tertiary/aromatic N) is 1. The predicted octanol–water partition coefficient (Wildman–Crippen LogP) is 2.57. The number of carbonyl (C=O) groups is 1. The predicted molar refractivity (Wildman–Crippen MR) is 76.8 cm³/mol. The molecule has 1 aliphatic carbocycles. The zero-order chi connectivity index (χ0) is 12.8. The van der Waals surface area contributed by atoms with E-state index in [-0.39, 0.29) is 24.4 Å². The number of carbonyl (C=O) groups excluding carboxylic acids is 1. The molecule has 0 aromatic carbocycles. The van der Waals surface area contributed by atoms with Crippen LogP contribution in [0.2, 0.25) is 0 Å². The van der Waals surface area contributed by atoms with Gasteiger partial charge in [-0.2, -0.15) is 0 Å². The van der Waals surface area contributed by atoms with Crippen molar-refractivity contribution in [1.29, 1.82) is 0 Å². The van der Waals surface area contributed by atoms with Gasteiger partial charge in [0.05, 0.1) is 6.04 Å². The molecule has 2 rings (SSSR count). The lowest BCUT2D eigenvalue weighted by Gasteiger charge is -2.39. The van der Waals surface area contributed by atoms with E-state index in [1.54, 1.807) is 0 Å². The minimum absolute atomic E-state index is 0. The van der Waals surface area contributed by atoms with Gasteiger partial charge in [0.15, 0.2) is 0 Å². The Morgan fingerprint density at radius 1 is 1.39 bits per heavy atom. The molecule has 2 fully saturated rings. The molecule has 3 atom stereocenters. The second-order valence-electron chi connectivity index (χ2n) is 7.19. The van der Waals surface area contributed by atoms with Gasteiger partial charge in [0.25, 0.3) is 0 Å². The van der Waals surface area contributed by atoms with Gasteiger partial charge in [0.1, 0.15) is 0 Å². The quantitative estimate of drug-likeness (QED) is 0.841. The number of likely N-dealkylation sites (tertiary alicyclic amines) is 1. The Kier molecular flexibility index (Phi) is 4.39. The van der Waals surface area contributed by atoms with E-state index in [1.165, 1.54) is 12.8 Å². The highest BCUT2D eigenvalue weighted by molar-refractivity contribution is 5.85. The molecule has 0 aromatic rings. The molecule has 1 heterocycles. The smallest absolute Gasteiger partial charge is 0.239 e. The molecular weight excluding hydrogens is 248 g/mol. The molecule has 0 radical (unpaired) electrons. The lowest BCUT2D eigenvalue weighted by atomic mass is 9.65. The highest BCUT2D eigenvalue weighted by Crippen LogP contribution is 2.52. The Morgan fingerprint density at radius 2 is 2.00 bits per heavy atom. The summed E-state index contributed by atoms with van der Waals surface area (Å²) in [6.07, 6.45) is 4.26. The molecule has 18 heavy (non-hydrogen) atoms. The summed E-state index contributed by atoms with van der Waals surface area (Å²) in [6.45, 7) is 9.87. The van der Waals surface area contributed by atoms with E-state index < -0.39 is 0 Å². The first kappa shape index (κ1) is 15.8. The summed E-state index contributed by atoms with van der Waals surface area (Å²) in [6, 6.07) is 0.120. The fourth-order valence-electron chi connectivity index (χ4n) is 4.11. The van der Waals surface area contributed by atoms with Crippen molar-refractivity contribution in [1.82, 2.24) is 4.90 Å². The second-order valence-corrected chi connectivity index (χ2v) is 7.19. The number of hydrogen-bond donors (Lipinski definition) is 1. The highest BCUT2D eigenvalue weighted by Gasteiger charge is 2.51. The van der Waals surface area contributed by atoms with Crippen molar-refractivity contribution in [3.63, 3.8) is 0 Å².